The number of hydrogen-bond acceptors (Lipinski definition) is 5. The topological polar surface area (TPSA) is 87.7 Å². The highest BCUT2D eigenvalue weighted by Crippen LogP contribution is 2.28. The maximum Gasteiger partial charge on any atom is 0.251 e. The molecule has 2 aromatic carbocycles. The first-order valence-electron chi connectivity index (χ1n) is 10.7. The largest absolute Gasteiger partial charge is 0.495 e. The summed E-state index contributed by atoms with van der Waals surface area (Å²) in [4.78, 5) is 15.2. The smallest absolute Gasteiger partial charge is 0.251 e. The quantitative estimate of drug-likeness (QED) is 0.622. The molecule has 0 unspecified atom stereocenters. The zero-order valence-electron chi connectivity index (χ0n) is 17.8. The summed E-state index contributed by atoms with van der Waals surface area (Å²) in [7, 11) is -2.32. The third kappa shape index (κ3) is 5.44. The van der Waals surface area contributed by atoms with Gasteiger partial charge in [0, 0.05) is 24.7 Å². The molecule has 7 nitrogen and oxygen atoms in total. The highest BCUT2D eigenvalue weighted by molar-refractivity contribution is 7.89. The average molecular weight is 444 g/mol. The Bertz CT molecular complexity index is 1040. The number of amides is 1. The van der Waals surface area contributed by atoms with Crippen LogP contribution in [0.1, 0.15) is 47.2 Å². The van der Waals surface area contributed by atoms with Crippen LogP contribution in [0, 0.1) is 0 Å². The summed E-state index contributed by atoms with van der Waals surface area (Å²) < 4.78 is 33.3. The standard InChI is InChI=1S/C23H29N3O4S/c1-30-21-11-8-17(14-22(21)31(28,29)25-20-9-10-20)23(27)24-15-18-6-2-3-7-19(18)16-26-12-4-5-13-26/h2-3,6-8,11,14,20,25H,4-5,9-10,12-13,15-16H2,1H3,(H,24,27). The van der Waals surface area contributed by atoms with Gasteiger partial charge in [-0.2, -0.15) is 0 Å². The Kier molecular flexibility index (Phi) is 6.60. The maximum absolute atomic E-state index is 12.8. The molecule has 0 atom stereocenters. The van der Waals surface area contributed by atoms with Crippen LogP contribution in [0.4, 0.5) is 0 Å². The third-order valence-electron chi connectivity index (χ3n) is 5.76. The molecule has 0 aromatic heterocycles. The van der Waals surface area contributed by atoms with E-state index < -0.39 is 10.0 Å². The van der Waals surface area contributed by atoms with E-state index in [9.17, 15) is 13.2 Å². The fourth-order valence-electron chi connectivity index (χ4n) is 3.86. The number of rotatable bonds is 9. The summed E-state index contributed by atoms with van der Waals surface area (Å²) in [5.74, 6) is -0.0952. The number of methoxy groups -OCH3 is 1. The van der Waals surface area contributed by atoms with Gasteiger partial charge in [0.1, 0.15) is 10.6 Å². The van der Waals surface area contributed by atoms with Gasteiger partial charge in [-0.1, -0.05) is 24.3 Å². The SMILES string of the molecule is COc1ccc(C(=O)NCc2ccccc2CN2CCCC2)cc1S(=O)(=O)NC1CC1. The van der Waals surface area contributed by atoms with Crippen molar-refractivity contribution in [1.29, 1.82) is 0 Å². The van der Waals surface area contributed by atoms with Gasteiger partial charge in [-0.05, 0) is 68.1 Å². The predicted molar refractivity (Wildman–Crippen MR) is 118 cm³/mol. The van der Waals surface area contributed by atoms with Gasteiger partial charge in [-0.15, -0.1) is 0 Å². The molecule has 1 heterocycles. The molecular formula is C23H29N3O4S. The number of carbonyl (C=O) groups is 1. The molecule has 4 rings (SSSR count). The molecule has 31 heavy (non-hydrogen) atoms. The molecule has 2 aliphatic rings. The van der Waals surface area contributed by atoms with Crippen LogP contribution >= 0.6 is 0 Å². The van der Waals surface area contributed by atoms with Crippen molar-refractivity contribution < 1.29 is 17.9 Å². The maximum atomic E-state index is 12.8. The Labute approximate surface area is 183 Å². The second-order valence-corrected chi connectivity index (χ2v) is 9.88. The first-order valence-corrected chi connectivity index (χ1v) is 12.2. The molecule has 0 spiro atoms. The van der Waals surface area contributed by atoms with E-state index in [0.717, 1.165) is 38.0 Å². The van der Waals surface area contributed by atoms with E-state index in [1.165, 1.54) is 37.6 Å². The number of carbonyl (C=O) groups excluding carboxylic acids is 1. The fourth-order valence-corrected chi connectivity index (χ4v) is 5.36. The summed E-state index contributed by atoms with van der Waals surface area (Å²) in [5, 5.41) is 2.94. The van der Waals surface area contributed by atoms with E-state index >= 15 is 0 Å². The average Bonchev–Trinajstić information content (AvgIpc) is 3.42. The number of benzene rings is 2. The lowest BCUT2D eigenvalue weighted by atomic mass is 10.1. The second-order valence-electron chi connectivity index (χ2n) is 8.20. The molecule has 2 fully saturated rings. The number of sulfonamides is 1. The molecule has 0 radical (unpaired) electrons. The number of ether oxygens (including phenoxy) is 1. The molecule has 1 amide bonds. The van der Waals surface area contributed by atoms with Crippen LogP contribution in [0.2, 0.25) is 0 Å². The van der Waals surface area contributed by atoms with Gasteiger partial charge < -0.3 is 10.1 Å². The number of nitrogens with one attached hydrogen (secondary N) is 2. The van der Waals surface area contributed by atoms with Crippen LogP contribution in [-0.4, -0.2) is 45.5 Å². The highest BCUT2D eigenvalue weighted by Gasteiger charge is 2.30. The fraction of sp³-hybridized carbons (Fsp3) is 0.435. The van der Waals surface area contributed by atoms with E-state index in [0.29, 0.717) is 6.54 Å². The zero-order chi connectivity index (χ0) is 21.8. The lowest BCUT2D eigenvalue weighted by Gasteiger charge is -2.18. The van der Waals surface area contributed by atoms with Crippen LogP contribution < -0.4 is 14.8 Å². The van der Waals surface area contributed by atoms with Crippen molar-refractivity contribution in [2.75, 3.05) is 20.2 Å². The summed E-state index contributed by atoms with van der Waals surface area (Å²) in [6, 6.07) is 12.6. The van der Waals surface area contributed by atoms with Crippen LogP contribution in [0.5, 0.6) is 5.75 Å². The van der Waals surface area contributed by atoms with Crippen LogP contribution in [-0.2, 0) is 23.1 Å². The molecule has 1 saturated carbocycles. The molecule has 166 valence electrons. The molecule has 0 bridgehead atoms. The van der Waals surface area contributed by atoms with E-state index in [4.69, 9.17) is 4.74 Å². The van der Waals surface area contributed by atoms with Crippen molar-refractivity contribution in [3.05, 3.63) is 59.2 Å². The normalized spacial score (nSPS) is 16.9. The summed E-state index contributed by atoms with van der Waals surface area (Å²) in [6.07, 6.45) is 4.13. The molecule has 2 aromatic rings. The van der Waals surface area contributed by atoms with E-state index in [2.05, 4.69) is 21.0 Å². The van der Waals surface area contributed by atoms with Gasteiger partial charge in [-0.25, -0.2) is 13.1 Å². The second kappa shape index (κ2) is 9.38. The zero-order valence-corrected chi connectivity index (χ0v) is 18.6. The summed E-state index contributed by atoms with van der Waals surface area (Å²) in [6.45, 7) is 3.48. The molecule has 1 aliphatic carbocycles. The number of nitrogens with zero attached hydrogens (tertiary/aromatic N) is 1. The summed E-state index contributed by atoms with van der Waals surface area (Å²) >= 11 is 0. The van der Waals surface area contributed by atoms with Crippen molar-refractivity contribution in [3.63, 3.8) is 0 Å². The van der Waals surface area contributed by atoms with Gasteiger partial charge in [0.05, 0.1) is 7.11 Å². The molecule has 8 heteroatoms. The highest BCUT2D eigenvalue weighted by atomic mass is 32.2. The van der Waals surface area contributed by atoms with Gasteiger partial charge >= 0.3 is 0 Å². The van der Waals surface area contributed by atoms with Crippen molar-refractivity contribution in [2.24, 2.45) is 0 Å². The Morgan fingerprint density at radius 2 is 1.81 bits per heavy atom. The lowest BCUT2D eigenvalue weighted by molar-refractivity contribution is 0.0950. The third-order valence-corrected chi connectivity index (χ3v) is 7.31. The predicted octanol–water partition coefficient (Wildman–Crippen LogP) is 2.66. The molecule has 1 saturated heterocycles. The summed E-state index contributed by atoms with van der Waals surface area (Å²) in [5.41, 5.74) is 2.56. The molecular weight excluding hydrogens is 414 g/mol. The minimum absolute atomic E-state index is 0.0102. The Morgan fingerprint density at radius 3 is 2.48 bits per heavy atom. The Balaban J connectivity index is 1.47. The first kappa shape index (κ1) is 21.8. The molecule has 1 aliphatic heterocycles. The molecule has 2 N–H and O–H groups in total. The minimum Gasteiger partial charge on any atom is -0.495 e. The van der Waals surface area contributed by atoms with E-state index in [1.807, 2.05) is 18.2 Å². The van der Waals surface area contributed by atoms with Crippen molar-refractivity contribution in [3.8, 4) is 5.75 Å². The van der Waals surface area contributed by atoms with Gasteiger partial charge in [0.15, 0.2) is 0 Å². The van der Waals surface area contributed by atoms with Crippen LogP contribution in [0.25, 0.3) is 0 Å². The van der Waals surface area contributed by atoms with E-state index in [1.54, 1.807) is 6.07 Å². The Hall–Kier alpha value is -2.42. The van der Waals surface area contributed by atoms with Crippen molar-refractivity contribution >= 4 is 15.9 Å². The van der Waals surface area contributed by atoms with Gasteiger partial charge in [0.2, 0.25) is 10.0 Å². The van der Waals surface area contributed by atoms with Crippen LogP contribution in [0.15, 0.2) is 47.4 Å². The van der Waals surface area contributed by atoms with Gasteiger partial charge in [0.25, 0.3) is 5.91 Å². The minimum atomic E-state index is -3.74. The number of likely N-dealkylation sites (tertiary alicyclic amines) is 1. The monoisotopic (exact) mass is 443 g/mol. The van der Waals surface area contributed by atoms with Crippen molar-refractivity contribution in [1.82, 2.24) is 14.9 Å². The van der Waals surface area contributed by atoms with Crippen molar-refractivity contribution in [2.45, 2.75) is 49.7 Å². The number of hydrogen-bond donors (Lipinski definition) is 2. The van der Waals surface area contributed by atoms with E-state index in [-0.39, 0.29) is 28.2 Å². The first-order chi connectivity index (χ1) is 15.0. The lowest BCUT2D eigenvalue weighted by Crippen LogP contribution is -2.27. The Morgan fingerprint density at radius 1 is 1.10 bits per heavy atom. The van der Waals surface area contributed by atoms with Gasteiger partial charge in [-0.3, -0.25) is 9.69 Å². The van der Waals surface area contributed by atoms with Crippen LogP contribution in [0.3, 0.4) is 0 Å².